The molecule has 1 aliphatic rings. The van der Waals surface area contributed by atoms with Crippen LogP contribution in [0.1, 0.15) is 28.1 Å². The number of amides is 1. The smallest absolute Gasteiger partial charge is 0.254 e. The lowest BCUT2D eigenvalue weighted by Gasteiger charge is -2.34. The van der Waals surface area contributed by atoms with Crippen LogP contribution in [0.2, 0.25) is 0 Å². The van der Waals surface area contributed by atoms with Crippen molar-refractivity contribution in [1.29, 1.82) is 0 Å². The lowest BCUT2D eigenvalue weighted by atomic mass is 10.0. The van der Waals surface area contributed by atoms with Crippen LogP contribution < -0.4 is 14.2 Å². The first kappa shape index (κ1) is 19.5. The summed E-state index contributed by atoms with van der Waals surface area (Å²) < 4.78 is 21.7. The maximum Gasteiger partial charge on any atom is 0.254 e. The van der Waals surface area contributed by atoms with Gasteiger partial charge in [0.05, 0.1) is 27.9 Å². The summed E-state index contributed by atoms with van der Waals surface area (Å²) in [7, 11) is 4.65. The van der Waals surface area contributed by atoms with Gasteiger partial charge in [-0.15, -0.1) is 11.3 Å². The van der Waals surface area contributed by atoms with Crippen LogP contribution in [0.5, 0.6) is 17.2 Å². The van der Waals surface area contributed by atoms with Gasteiger partial charge in [-0.1, -0.05) is 6.07 Å². The monoisotopic (exact) mass is 391 g/mol. The number of ether oxygens (including phenoxy) is 4. The van der Waals surface area contributed by atoms with E-state index in [0.29, 0.717) is 42.6 Å². The van der Waals surface area contributed by atoms with Crippen LogP contribution in [0.3, 0.4) is 0 Å². The Morgan fingerprint density at radius 3 is 2.33 bits per heavy atom. The Hall–Kier alpha value is -2.25. The first-order valence-electron chi connectivity index (χ1n) is 8.89. The molecule has 146 valence electrons. The Morgan fingerprint density at radius 2 is 1.81 bits per heavy atom. The van der Waals surface area contributed by atoms with Crippen LogP contribution in [0.25, 0.3) is 0 Å². The van der Waals surface area contributed by atoms with Crippen molar-refractivity contribution in [1.82, 2.24) is 4.90 Å². The van der Waals surface area contributed by atoms with Crippen molar-refractivity contribution in [3.8, 4) is 17.2 Å². The number of thiophene rings is 1. The van der Waals surface area contributed by atoms with E-state index in [1.165, 1.54) is 0 Å². The zero-order valence-electron chi connectivity index (χ0n) is 15.9. The molecule has 1 fully saturated rings. The minimum absolute atomic E-state index is 0.0467. The molecule has 2 aromatic rings. The fraction of sp³-hybridized carbons (Fsp3) is 0.450. The number of benzene rings is 1. The van der Waals surface area contributed by atoms with Gasteiger partial charge in [0.2, 0.25) is 5.75 Å². The number of nitrogens with zero attached hydrogens (tertiary/aromatic N) is 1. The van der Waals surface area contributed by atoms with Crippen molar-refractivity contribution >= 4 is 17.2 Å². The van der Waals surface area contributed by atoms with Crippen molar-refractivity contribution < 1.29 is 23.7 Å². The summed E-state index contributed by atoms with van der Waals surface area (Å²) in [4.78, 5) is 16.5. The van der Waals surface area contributed by atoms with Gasteiger partial charge in [-0.2, -0.15) is 0 Å². The van der Waals surface area contributed by atoms with Crippen molar-refractivity contribution in [2.45, 2.75) is 25.4 Å². The third-order valence-corrected chi connectivity index (χ3v) is 5.57. The van der Waals surface area contributed by atoms with E-state index in [4.69, 9.17) is 18.9 Å². The van der Waals surface area contributed by atoms with Crippen LogP contribution in [-0.4, -0.2) is 51.4 Å². The Bertz CT molecular complexity index is 731. The summed E-state index contributed by atoms with van der Waals surface area (Å²) in [5.41, 5.74) is 0.521. The standard InChI is InChI=1S/C20H25NO5S/c1-23-17-11-14(12-18(24-2)19(17)25-3)20(22)21(13-16-5-4-10-27-16)15-6-8-26-9-7-15/h4-5,10-12,15H,6-9,13H2,1-3H3. The normalized spacial score (nSPS) is 14.6. The van der Waals surface area contributed by atoms with E-state index >= 15 is 0 Å². The predicted molar refractivity (Wildman–Crippen MR) is 104 cm³/mol. The van der Waals surface area contributed by atoms with Gasteiger partial charge >= 0.3 is 0 Å². The molecule has 1 aromatic heterocycles. The molecule has 3 rings (SSSR count). The second kappa shape index (κ2) is 9.10. The molecule has 2 heterocycles. The molecule has 0 N–H and O–H groups in total. The van der Waals surface area contributed by atoms with Crippen molar-refractivity contribution in [2.24, 2.45) is 0 Å². The van der Waals surface area contributed by atoms with Gasteiger partial charge < -0.3 is 23.8 Å². The molecule has 1 saturated heterocycles. The first-order chi connectivity index (χ1) is 13.2. The summed E-state index contributed by atoms with van der Waals surface area (Å²) >= 11 is 1.65. The fourth-order valence-corrected chi connectivity index (χ4v) is 4.01. The number of hydrogen-bond donors (Lipinski definition) is 0. The predicted octanol–water partition coefficient (Wildman–Crippen LogP) is 3.60. The highest BCUT2D eigenvalue weighted by Crippen LogP contribution is 2.39. The highest BCUT2D eigenvalue weighted by Gasteiger charge is 2.28. The summed E-state index contributed by atoms with van der Waals surface area (Å²) in [5, 5.41) is 2.03. The molecule has 0 spiro atoms. The van der Waals surface area contributed by atoms with Gasteiger partial charge in [-0.3, -0.25) is 4.79 Å². The van der Waals surface area contributed by atoms with Gasteiger partial charge in [0.1, 0.15) is 0 Å². The maximum absolute atomic E-state index is 13.4. The van der Waals surface area contributed by atoms with Crippen molar-refractivity contribution in [3.63, 3.8) is 0 Å². The second-order valence-corrected chi connectivity index (χ2v) is 7.30. The molecule has 0 aliphatic carbocycles. The minimum Gasteiger partial charge on any atom is -0.493 e. The van der Waals surface area contributed by atoms with Gasteiger partial charge in [-0.25, -0.2) is 0 Å². The van der Waals surface area contributed by atoms with Crippen molar-refractivity contribution in [3.05, 3.63) is 40.1 Å². The Balaban J connectivity index is 1.95. The van der Waals surface area contributed by atoms with Crippen molar-refractivity contribution in [2.75, 3.05) is 34.5 Å². The van der Waals surface area contributed by atoms with Crippen LogP contribution in [-0.2, 0) is 11.3 Å². The molecule has 0 radical (unpaired) electrons. The zero-order chi connectivity index (χ0) is 19.2. The molecule has 7 heteroatoms. The number of rotatable bonds is 7. The van der Waals surface area contributed by atoms with Crippen LogP contribution >= 0.6 is 11.3 Å². The molecule has 1 aromatic carbocycles. The minimum atomic E-state index is -0.0467. The molecule has 1 aliphatic heterocycles. The summed E-state index contributed by atoms with van der Waals surface area (Å²) in [5.74, 6) is 1.38. The molecular weight excluding hydrogens is 366 g/mol. The molecular formula is C20H25NO5S. The number of carbonyl (C=O) groups excluding carboxylic acids is 1. The van der Waals surface area contributed by atoms with E-state index in [0.717, 1.165) is 17.7 Å². The topological polar surface area (TPSA) is 57.2 Å². The summed E-state index contributed by atoms with van der Waals surface area (Å²) in [6.45, 7) is 1.93. The molecule has 27 heavy (non-hydrogen) atoms. The summed E-state index contributed by atoms with van der Waals surface area (Å²) in [6, 6.07) is 7.63. The SMILES string of the molecule is COc1cc(C(=O)N(Cc2cccs2)C2CCOCC2)cc(OC)c1OC. The average Bonchev–Trinajstić information content (AvgIpc) is 3.24. The van der Waals surface area contributed by atoms with Crippen LogP contribution in [0.4, 0.5) is 0 Å². The van der Waals surface area contributed by atoms with E-state index in [9.17, 15) is 4.79 Å². The molecule has 0 bridgehead atoms. The van der Waals surface area contributed by atoms with E-state index in [1.54, 1.807) is 44.8 Å². The Kier molecular flexibility index (Phi) is 6.58. The fourth-order valence-electron chi connectivity index (χ4n) is 3.30. The third kappa shape index (κ3) is 4.36. The first-order valence-corrected chi connectivity index (χ1v) is 9.77. The van der Waals surface area contributed by atoms with E-state index in [1.807, 2.05) is 16.3 Å². The number of carbonyl (C=O) groups is 1. The van der Waals surface area contributed by atoms with Gasteiger partial charge in [0.25, 0.3) is 5.91 Å². The van der Waals surface area contributed by atoms with Gasteiger partial charge in [0.15, 0.2) is 11.5 Å². The highest BCUT2D eigenvalue weighted by molar-refractivity contribution is 7.09. The molecule has 0 saturated carbocycles. The number of hydrogen-bond acceptors (Lipinski definition) is 6. The van der Waals surface area contributed by atoms with Crippen LogP contribution in [0.15, 0.2) is 29.6 Å². The van der Waals surface area contributed by atoms with E-state index in [2.05, 4.69) is 6.07 Å². The van der Waals surface area contributed by atoms with Crippen LogP contribution in [0, 0.1) is 0 Å². The lowest BCUT2D eigenvalue weighted by Crippen LogP contribution is -2.42. The van der Waals surface area contributed by atoms with E-state index in [-0.39, 0.29) is 11.9 Å². The Labute approximate surface area is 163 Å². The quantitative estimate of drug-likeness (QED) is 0.722. The third-order valence-electron chi connectivity index (χ3n) is 4.71. The molecule has 6 nitrogen and oxygen atoms in total. The number of methoxy groups -OCH3 is 3. The summed E-state index contributed by atoms with van der Waals surface area (Å²) in [6.07, 6.45) is 1.67. The highest BCUT2D eigenvalue weighted by atomic mass is 32.1. The van der Waals surface area contributed by atoms with E-state index < -0.39 is 0 Å². The van der Waals surface area contributed by atoms with Gasteiger partial charge in [-0.05, 0) is 36.4 Å². The molecule has 1 amide bonds. The largest absolute Gasteiger partial charge is 0.493 e. The average molecular weight is 391 g/mol. The maximum atomic E-state index is 13.4. The van der Waals surface area contributed by atoms with Gasteiger partial charge in [0, 0.05) is 29.7 Å². The zero-order valence-corrected chi connectivity index (χ0v) is 16.7. The molecule has 0 atom stereocenters. The Morgan fingerprint density at radius 1 is 1.15 bits per heavy atom. The second-order valence-electron chi connectivity index (χ2n) is 6.27. The molecule has 0 unspecified atom stereocenters. The lowest BCUT2D eigenvalue weighted by molar-refractivity contribution is 0.0269.